The van der Waals surface area contributed by atoms with E-state index < -0.39 is 0 Å². The van der Waals surface area contributed by atoms with Crippen LogP contribution in [0.15, 0.2) is 46.9 Å². The minimum absolute atomic E-state index is 0.0784. The maximum absolute atomic E-state index is 6.10. The van der Waals surface area contributed by atoms with Gasteiger partial charge in [0.25, 0.3) is 0 Å². The maximum Gasteiger partial charge on any atom is 0.123 e. The molecule has 4 heteroatoms. The molecule has 21 heavy (non-hydrogen) atoms. The van der Waals surface area contributed by atoms with Gasteiger partial charge in [-0.2, -0.15) is 0 Å². The Hall–Kier alpha value is -1.03. The molecular formula is C17H19BrClNO. The fraction of sp³-hybridized carbons (Fsp3) is 0.294. The van der Waals surface area contributed by atoms with Crippen molar-refractivity contribution in [1.82, 2.24) is 5.32 Å². The van der Waals surface area contributed by atoms with Crippen molar-refractivity contribution in [2.45, 2.75) is 19.4 Å². The zero-order valence-corrected chi connectivity index (χ0v) is 14.5. The number of para-hydroxylation sites is 1. The Morgan fingerprint density at radius 1 is 1.24 bits per heavy atom. The zero-order chi connectivity index (χ0) is 15.2. The molecule has 0 saturated heterocycles. The van der Waals surface area contributed by atoms with Crippen LogP contribution in [0.4, 0.5) is 0 Å². The number of methoxy groups -OCH3 is 1. The predicted octanol–water partition coefficient (Wildman–Crippen LogP) is 5.20. The molecule has 0 aromatic heterocycles. The number of hydrogen-bond donors (Lipinski definition) is 1. The largest absolute Gasteiger partial charge is 0.496 e. The van der Waals surface area contributed by atoms with E-state index in [0.717, 1.165) is 34.3 Å². The van der Waals surface area contributed by atoms with Crippen LogP contribution in [0.25, 0.3) is 0 Å². The normalized spacial score (nSPS) is 12.2. The lowest BCUT2D eigenvalue weighted by Crippen LogP contribution is -2.23. The second-order valence-corrected chi connectivity index (χ2v) is 6.06. The Morgan fingerprint density at radius 3 is 2.67 bits per heavy atom. The van der Waals surface area contributed by atoms with Crippen LogP contribution in [0, 0.1) is 0 Å². The molecule has 112 valence electrons. The van der Waals surface area contributed by atoms with Gasteiger partial charge in [-0.3, -0.25) is 0 Å². The van der Waals surface area contributed by atoms with Gasteiger partial charge in [0.15, 0.2) is 0 Å². The fourth-order valence-corrected chi connectivity index (χ4v) is 2.81. The number of rotatable bonds is 6. The Labute approximate surface area is 139 Å². The predicted molar refractivity (Wildman–Crippen MR) is 92.3 cm³/mol. The first-order chi connectivity index (χ1) is 10.2. The average Bonchev–Trinajstić information content (AvgIpc) is 2.51. The minimum Gasteiger partial charge on any atom is -0.496 e. The Balaban J connectivity index is 2.44. The molecule has 0 spiro atoms. The van der Waals surface area contributed by atoms with Gasteiger partial charge in [-0.05, 0) is 52.7 Å². The van der Waals surface area contributed by atoms with Gasteiger partial charge in [-0.25, -0.2) is 0 Å². The third-order valence-electron chi connectivity index (χ3n) is 3.33. The molecule has 0 bridgehead atoms. The summed E-state index contributed by atoms with van der Waals surface area (Å²) in [6, 6.07) is 14.2. The molecule has 2 nitrogen and oxygen atoms in total. The van der Waals surface area contributed by atoms with Gasteiger partial charge in [0.2, 0.25) is 0 Å². The Morgan fingerprint density at radius 2 is 2.00 bits per heavy atom. The van der Waals surface area contributed by atoms with Gasteiger partial charge in [0, 0.05) is 10.0 Å². The van der Waals surface area contributed by atoms with Crippen LogP contribution in [0.2, 0.25) is 5.02 Å². The molecule has 1 unspecified atom stereocenters. The van der Waals surface area contributed by atoms with E-state index in [9.17, 15) is 0 Å². The van der Waals surface area contributed by atoms with Crippen LogP contribution < -0.4 is 10.1 Å². The molecule has 0 amide bonds. The van der Waals surface area contributed by atoms with Gasteiger partial charge in [0.1, 0.15) is 5.75 Å². The number of halogens is 2. The monoisotopic (exact) mass is 367 g/mol. The molecule has 0 saturated carbocycles. The van der Waals surface area contributed by atoms with Crippen molar-refractivity contribution in [3.05, 3.63) is 63.1 Å². The molecule has 0 radical (unpaired) electrons. The van der Waals surface area contributed by atoms with Gasteiger partial charge in [-0.1, -0.05) is 42.8 Å². The van der Waals surface area contributed by atoms with Crippen molar-refractivity contribution in [3.63, 3.8) is 0 Å². The van der Waals surface area contributed by atoms with Crippen LogP contribution >= 0.6 is 27.5 Å². The van der Waals surface area contributed by atoms with E-state index in [1.54, 1.807) is 7.11 Å². The summed E-state index contributed by atoms with van der Waals surface area (Å²) >= 11 is 9.60. The van der Waals surface area contributed by atoms with Gasteiger partial charge >= 0.3 is 0 Å². The minimum atomic E-state index is 0.0784. The Kier molecular flexibility index (Phi) is 6.09. The number of benzene rings is 2. The first kappa shape index (κ1) is 16.3. The average molecular weight is 369 g/mol. The van der Waals surface area contributed by atoms with Crippen LogP contribution in [0.3, 0.4) is 0 Å². The van der Waals surface area contributed by atoms with Crippen molar-refractivity contribution in [3.8, 4) is 5.75 Å². The van der Waals surface area contributed by atoms with Crippen molar-refractivity contribution in [1.29, 1.82) is 0 Å². The second-order valence-electron chi connectivity index (χ2n) is 4.80. The van der Waals surface area contributed by atoms with Crippen molar-refractivity contribution >= 4 is 27.5 Å². The third kappa shape index (κ3) is 4.00. The highest BCUT2D eigenvalue weighted by Crippen LogP contribution is 2.33. The summed E-state index contributed by atoms with van der Waals surface area (Å²) in [6.45, 7) is 3.09. The molecule has 0 aliphatic carbocycles. The first-order valence-electron chi connectivity index (χ1n) is 6.98. The lowest BCUT2D eigenvalue weighted by atomic mass is 9.97. The third-order valence-corrected chi connectivity index (χ3v) is 4.54. The molecule has 1 N–H and O–H groups in total. The zero-order valence-electron chi connectivity index (χ0n) is 12.2. The first-order valence-corrected chi connectivity index (χ1v) is 8.15. The lowest BCUT2D eigenvalue weighted by molar-refractivity contribution is 0.404. The van der Waals surface area contributed by atoms with Crippen molar-refractivity contribution in [2.24, 2.45) is 0 Å². The molecule has 0 fully saturated rings. The summed E-state index contributed by atoms with van der Waals surface area (Å²) in [7, 11) is 1.70. The highest BCUT2D eigenvalue weighted by Gasteiger charge is 2.18. The van der Waals surface area contributed by atoms with E-state index >= 15 is 0 Å². The topological polar surface area (TPSA) is 21.3 Å². The molecule has 2 aromatic rings. The van der Waals surface area contributed by atoms with E-state index in [1.807, 2.05) is 30.3 Å². The van der Waals surface area contributed by atoms with Gasteiger partial charge in [0.05, 0.1) is 18.2 Å². The van der Waals surface area contributed by atoms with Crippen LogP contribution in [-0.4, -0.2) is 13.7 Å². The molecule has 2 rings (SSSR count). The van der Waals surface area contributed by atoms with Crippen LogP contribution in [0.1, 0.15) is 30.5 Å². The molecule has 0 aliphatic rings. The number of ether oxygens (including phenoxy) is 1. The second kappa shape index (κ2) is 7.83. The van der Waals surface area contributed by atoms with E-state index in [1.165, 1.54) is 0 Å². The maximum atomic E-state index is 6.10. The highest BCUT2D eigenvalue weighted by atomic mass is 79.9. The van der Waals surface area contributed by atoms with E-state index in [0.29, 0.717) is 5.02 Å². The van der Waals surface area contributed by atoms with E-state index in [4.69, 9.17) is 16.3 Å². The summed E-state index contributed by atoms with van der Waals surface area (Å²) in [5.74, 6) is 0.886. The number of nitrogens with one attached hydrogen (secondary N) is 1. The van der Waals surface area contributed by atoms with Gasteiger partial charge in [-0.15, -0.1) is 0 Å². The summed E-state index contributed by atoms with van der Waals surface area (Å²) in [5.41, 5.74) is 2.28. The molecular weight excluding hydrogens is 350 g/mol. The van der Waals surface area contributed by atoms with Crippen LogP contribution in [-0.2, 0) is 0 Å². The molecule has 2 aromatic carbocycles. The molecule has 0 heterocycles. The smallest absolute Gasteiger partial charge is 0.123 e. The SMILES string of the molecule is CCCNC(c1ccc(Cl)c(Br)c1)c1ccccc1OC. The highest BCUT2D eigenvalue weighted by molar-refractivity contribution is 9.10. The van der Waals surface area contributed by atoms with Gasteiger partial charge < -0.3 is 10.1 Å². The lowest BCUT2D eigenvalue weighted by Gasteiger charge is -2.22. The summed E-state index contributed by atoms with van der Waals surface area (Å²) in [6.07, 6.45) is 1.07. The van der Waals surface area contributed by atoms with Crippen LogP contribution in [0.5, 0.6) is 5.75 Å². The Bertz CT molecular complexity index is 603. The quantitative estimate of drug-likeness (QED) is 0.756. The standard InChI is InChI=1S/C17H19BrClNO/c1-3-10-20-17(12-8-9-15(19)14(18)11-12)13-6-4-5-7-16(13)21-2/h4-9,11,17,20H,3,10H2,1-2H3. The summed E-state index contributed by atoms with van der Waals surface area (Å²) in [5, 5.41) is 4.30. The summed E-state index contributed by atoms with van der Waals surface area (Å²) in [4.78, 5) is 0. The fourth-order valence-electron chi connectivity index (χ4n) is 2.29. The number of hydrogen-bond acceptors (Lipinski definition) is 2. The van der Waals surface area contributed by atoms with E-state index in [-0.39, 0.29) is 6.04 Å². The summed E-state index contributed by atoms with van der Waals surface area (Å²) < 4.78 is 6.41. The van der Waals surface area contributed by atoms with Crippen molar-refractivity contribution in [2.75, 3.05) is 13.7 Å². The van der Waals surface area contributed by atoms with Crippen molar-refractivity contribution < 1.29 is 4.74 Å². The molecule has 1 atom stereocenters. The molecule has 0 aliphatic heterocycles. The van der Waals surface area contributed by atoms with E-state index in [2.05, 4.69) is 40.3 Å².